The van der Waals surface area contributed by atoms with Crippen LogP contribution in [0.3, 0.4) is 0 Å². The Labute approximate surface area is 233 Å². The third-order valence-electron chi connectivity index (χ3n) is 6.28. The van der Waals surface area contributed by atoms with Gasteiger partial charge < -0.3 is 25.2 Å². The molecule has 0 heterocycles. The van der Waals surface area contributed by atoms with Crippen LogP contribution in [0.25, 0.3) is 0 Å². The van der Waals surface area contributed by atoms with E-state index in [9.17, 15) is 24.3 Å². The van der Waals surface area contributed by atoms with E-state index >= 15 is 0 Å². The summed E-state index contributed by atoms with van der Waals surface area (Å²) < 4.78 is 10.8. The van der Waals surface area contributed by atoms with E-state index in [1.54, 1.807) is 48.5 Å². The Morgan fingerprint density at radius 1 is 0.750 bits per heavy atom. The number of alkyl carbamates (subject to hydrolysis) is 1. The third kappa shape index (κ3) is 9.27. The second kappa shape index (κ2) is 14.5. The lowest BCUT2D eigenvalue weighted by Crippen LogP contribution is -2.53. The van der Waals surface area contributed by atoms with Crippen LogP contribution in [0.2, 0.25) is 0 Å². The fraction of sp³-hybridized carbons (Fsp3) is 0.290. The smallest absolute Gasteiger partial charge is 0.408 e. The highest BCUT2D eigenvalue weighted by Crippen LogP contribution is 2.18. The molecule has 0 fully saturated rings. The minimum absolute atomic E-state index is 0.0144. The summed E-state index contributed by atoms with van der Waals surface area (Å²) in [4.78, 5) is 50.2. The molecular weight excluding hydrogens is 512 g/mol. The molecule has 0 saturated carbocycles. The first kappa shape index (κ1) is 29.9. The molecule has 9 nitrogen and oxygen atoms in total. The van der Waals surface area contributed by atoms with Gasteiger partial charge in [-0.2, -0.15) is 0 Å². The van der Waals surface area contributed by atoms with E-state index in [4.69, 9.17) is 9.47 Å². The SMILES string of the molecule is Cc1cc(C)c(COC(=O)[C@H](Cc2ccccc2)NC(=O)[C@H](CC(=O)O)NC(=O)OCc2ccccc2)c(C)c1. The number of carboxylic acids is 1. The van der Waals surface area contributed by atoms with Gasteiger partial charge in [0.15, 0.2) is 0 Å². The average molecular weight is 547 g/mol. The van der Waals surface area contributed by atoms with Crippen LogP contribution in [-0.4, -0.2) is 41.1 Å². The van der Waals surface area contributed by atoms with Gasteiger partial charge in [-0.1, -0.05) is 78.4 Å². The van der Waals surface area contributed by atoms with Gasteiger partial charge in [-0.05, 0) is 48.6 Å². The number of nitrogens with one attached hydrogen (secondary N) is 2. The van der Waals surface area contributed by atoms with E-state index in [0.717, 1.165) is 33.4 Å². The second-order valence-electron chi connectivity index (χ2n) is 9.59. The number of esters is 1. The minimum Gasteiger partial charge on any atom is -0.481 e. The van der Waals surface area contributed by atoms with Crippen LogP contribution in [0.4, 0.5) is 4.79 Å². The maximum atomic E-state index is 13.2. The summed E-state index contributed by atoms with van der Waals surface area (Å²) >= 11 is 0. The Hall–Kier alpha value is -4.66. The molecule has 3 rings (SSSR count). The number of ether oxygens (including phenoxy) is 2. The summed E-state index contributed by atoms with van der Waals surface area (Å²) in [6.07, 6.45) is -1.56. The maximum absolute atomic E-state index is 13.2. The van der Waals surface area contributed by atoms with Gasteiger partial charge in [-0.25, -0.2) is 9.59 Å². The highest BCUT2D eigenvalue weighted by molar-refractivity contribution is 5.92. The van der Waals surface area contributed by atoms with Gasteiger partial charge in [0.05, 0.1) is 6.42 Å². The summed E-state index contributed by atoms with van der Waals surface area (Å²) in [5.41, 5.74) is 5.41. The van der Waals surface area contributed by atoms with Crippen LogP contribution < -0.4 is 10.6 Å². The predicted octanol–water partition coefficient (Wildman–Crippen LogP) is 4.15. The number of hydrogen-bond donors (Lipinski definition) is 3. The number of aliphatic carboxylic acids is 1. The molecule has 0 aromatic heterocycles. The molecule has 210 valence electrons. The van der Waals surface area contributed by atoms with Gasteiger partial charge in [0.1, 0.15) is 25.3 Å². The summed E-state index contributed by atoms with van der Waals surface area (Å²) in [5, 5.41) is 14.2. The molecule has 0 saturated heterocycles. The summed E-state index contributed by atoms with van der Waals surface area (Å²) in [5.74, 6) is -2.84. The highest BCUT2D eigenvalue weighted by atomic mass is 16.5. The summed E-state index contributed by atoms with van der Waals surface area (Å²) in [6.45, 7) is 5.81. The van der Waals surface area contributed by atoms with Gasteiger partial charge in [-0.3, -0.25) is 9.59 Å². The third-order valence-corrected chi connectivity index (χ3v) is 6.28. The van der Waals surface area contributed by atoms with Crippen molar-refractivity contribution >= 4 is 23.9 Å². The maximum Gasteiger partial charge on any atom is 0.408 e. The highest BCUT2D eigenvalue weighted by Gasteiger charge is 2.30. The van der Waals surface area contributed by atoms with Crippen LogP contribution >= 0.6 is 0 Å². The molecule has 3 aromatic rings. The van der Waals surface area contributed by atoms with E-state index in [0.29, 0.717) is 0 Å². The molecule has 0 unspecified atom stereocenters. The Morgan fingerprint density at radius 2 is 1.32 bits per heavy atom. The molecule has 3 aromatic carbocycles. The van der Waals surface area contributed by atoms with Crippen molar-refractivity contribution in [3.05, 3.63) is 106 Å². The van der Waals surface area contributed by atoms with Crippen LogP contribution in [0.1, 0.15) is 39.8 Å². The van der Waals surface area contributed by atoms with Crippen molar-refractivity contribution in [3.63, 3.8) is 0 Å². The fourth-order valence-electron chi connectivity index (χ4n) is 4.29. The normalized spacial score (nSPS) is 12.1. The van der Waals surface area contributed by atoms with Crippen molar-refractivity contribution < 1.29 is 33.8 Å². The van der Waals surface area contributed by atoms with Crippen molar-refractivity contribution in [2.75, 3.05) is 0 Å². The van der Waals surface area contributed by atoms with Gasteiger partial charge in [-0.15, -0.1) is 0 Å². The van der Waals surface area contributed by atoms with Crippen molar-refractivity contribution in [1.29, 1.82) is 0 Å². The van der Waals surface area contributed by atoms with Crippen LogP contribution in [0.5, 0.6) is 0 Å². The lowest BCUT2D eigenvalue weighted by atomic mass is 10.0. The summed E-state index contributed by atoms with van der Waals surface area (Å²) in [6, 6.07) is 19.3. The van der Waals surface area contributed by atoms with Gasteiger partial charge in [0.25, 0.3) is 0 Å². The first-order chi connectivity index (χ1) is 19.1. The Kier molecular flexibility index (Phi) is 10.8. The fourth-order valence-corrected chi connectivity index (χ4v) is 4.29. The lowest BCUT2D eigenvalue weighted by molar-refractivity contribution is -0.149. The van der Waals surface area contributed by atoms with Gasteiger partial charge in [0, 0.05) is 6.42 Å². The zero-order valence-corrected chi connectivity index (χ0v) is 22.8. The predicted molar refractivity (Wildman–Crippen MR) is 148 cm³/mol. The molecule has 40 heavy (non-hydrogen) atoms. The van der Waals surface area contributed by atoms with Crippen molar-refractivity contribution in [2.45, 2.75) is 58.9 Å². The molecule has 0 spiro atoms. The quantitative estimate of drug-likeness (QED) is 0.291. The molecule has 2 amide bonds. The largest absolute Gasteiger partial charge is 0.481 e. The monoisotopic (exact) mass is 546 g/mol. The molecular formula is C31H34N2O7. The Morgan fingerprint density at radius 3 is 1.90 bits per heavy atom. The minimum atomic E-state index is -1.48. The van der Waals surface area contributed by atoms with Crippen LogP contribution in [0.15, 0.2) is 72.8 Å². The number of carbonyl (C=O) groups is 4. The number of aryl methyl sites for hydroxylation is 3. The average Bonchev–Trinajstić information content (AvgIpc) is 2.91. The van der Waals surface area contributed by atoms with E-state index in [-0.39, 0.29) is 19.6 Å². The topological polar surface area (TPSA) is 131 Å². The number of amides is 2. The first-order valence-electron chi connectivity index (χ1n) is 12.9. The standard InChI is InChI=1S/C31H34N2O7/c1-20-14-21(2)25(22(3)15-20)19-39-30(37)27(16-23-10-6-4-7-11-23)32-29(36)26(17-28(34)35)33-31(38)40-18-24-12-8-5-9-13-24/h4-15,26-27H,16-19H2,1-3H3,(H,32,36)(H,33,38)(H,34,35)/t26-,27-/m0/s1. The second-order valence-corrected chi connectivity index (χ2v) is 9.59. The molecule has 2 atom stereocenters. The number of hydrogen-bond acceptors (Lipinski definition) is 6. The van der Waals surface area contributed by atoms with E-state index in [2.05, 4.69) is 10.6 Å². The lowest BCUT2D eigenvalue weighted by Gasteiger charge is -2.22. The van der Waals surface area contributed by atoms with Crippen LogP contribution in [-0.2, 0) is 43.5 Å². The van der Waals surface area contributed by atoms with Crippen LogP contribution in [0, 0.1) is 20.8 Å². The van der Waals surface area contributed by atoms with E-state index in [1.165, 1.54) is 0 Å². The number of rotatable bonds is 12. The molecule has 0 aliphatic heterocycles. The van der Waals surface area contributed by atoms with Crippen molar-refractivity contribution in [2.24, 2.45) is 0 Å². The zero-order chi connectivity index (χ0) is 29.1. The molecule has 0 aliphatic rings. The van der Waals surface area contributed by atoms with Gasteiger partial charge >= 0.3 is 18.0 Å². The molecule has 0 bridgehead atoms. The number of carboxylic acid groups (broad SMARTS) is 1. The summed E-state index contributed by atoms with van der Waals surface area (Å²) in [7, 11) is 0. The molecule has 3 N–H and O–H groups in total. The van der Waals surface area contributed by atoms with Crippen molar-refractivity contribution in [1.82, 2.24) is 10.6 Å². The number of benzene rings is 3. The van der Waals surface area contributed by atoms with Crippen molar-refractivity contribution in [3.8, 4) is 0 Å². The molecule has 0 radical (unpaired) electrons. The number of carbonyl (C=O) groups excluding carboxylic acids is 3. The molecule has 9 heteroatoms. The Bertz CT molecular complexity index is 1300. The van der Waals surface area contributed by atoms with Gasteiger partial charge in [0.2, 0.25) is 5.91 Å². The molecule has 0 aliphatic carbocycles. The van der Waals surface area contributed by atoms with E-state index < -0.39 is 42.4 Å². The zero-order valence-electron chi connectivity index (χ0n) is 22.8. The first-order valence-corrected chi connectivity index (χ1v) is 12.9. The Balaban J connectivity index is 1.72. The van der Waals surface area contributed by atoms with E-state index in [1.807, 2.05) is 45.0 Å².